The van der Waals surface area contributed by atoms with Crippen molar-refractivity contribution in [3.8, 4) is 0 Å². The molecule has 0 saturated heterocycles. The van der Waals surface area contributed by atoms with Gasteiger partial charge in [-0.15, -0.1) is 0 Å². The number of fused-ring (bicyclic) bond motifs is 1. The van der Waals surface area contributed by atoms with Crippen LogP contribution in [0.15, 0.2) is 45.9 Å². The zero-order chi connectivity index (χ0) is 16.4. The molecule has 0 aliphatic rings. The fourth-order valence-electron chi connectivity index (χ4n) is 2.11. The van der Waals surface area contributed by atoms with E-state index in [-0.39, 0.29) is 16.2 Å². The average Bonchev–Trinajstić information content (AvgIpc) is 3.16. The Hall–Kier alpha value is -2.30. The van der Waals surface area contributed by atoms with E-state index in [1.807, 2.05) is 0 Å². The van der Waals surface area contributed by atoms with E-state index in [1.54, 1.807) is 12.1 Å². The third kappa shape index (κ3) is 3.23. The van der Waals surface area contributed by atoms with Crippen LogP contribution in [0.4, 0.5) is 0 Å². The Kier molecular flexibility index (Phi) is 4.11. The lowest BCUT2D eigenvalue weighted by molar-refractivity contribution is -0.306. The molecule has 1 N–H and O–H groups in total. The molecule has 120 valence electrons. The second-order valence-corrected chi connectivity index (χ2v) is 6.86. The highest BCUT2D eigenvalue weighted by Gasteiger charge is 2.26. The smallest absolute Gasteiger partial charge is 0.243 e. The van der Waals surface area contributed by atoms with Gasteiger partial charge in [-0.25, -0.2) is 13.1 Å². The molecule has 0 fully saturated rings. The zero-order valence-electron chi connectivity index (χ0n) is 11.5. The summed E-state index contributed by atoms with van der Waals surface area (Å²) < 4.78 is 40.6. The summed E-state index contributed by atoms with van der Waals surface area (Å²) in [4.78, 5) is 10.8. The lowest BCUT2D eigenvalue weighted by Crippen LogP contribution is -2.34. The van der Waals surface area contributed by atoms with Gasteiger partial charge in [-0.3, -0.25) is 0 Å². The fraction of sp³-hybridized carbons (Fsp3) is 0.154. The number of carbonyl (C=O) groups excluding carboxylic acids is 1. The van der Waals surface area contributed by atoms with Crippen molar-refractivity contribution in [3.05, 3.63) is 42.4 Å². The van der Waals surface area contributed by atoms with Crippen molar-refractivity contribution in [1.29, 1.82) is 0 Å². The van der Waals surface area contributed by atoms with Gasteiger partial charge in [0, 0.05) is 12.4 Å². The maximum Gasteiger partial charge on any atom is 0.243 e. The molecule has 1 atom stereocenters. The molecule has 0 unspecified atom stereocenters. The zero-order valence-corrected chi connectivity index (χ0v) is 13.1. The van der Waals surface area contributed by atoms with Crippen LogP contribution < -0.4 is 9.83 Å². The minimum atomic E-state index is -4.02. The standard InChI is InChI=1S/C13H11N3O5S2/c17-12(18)7-9(10-4-2-6-21-10)16-23(19,20)11-5-1-3-8-13(11)15-22-14-8/h1-6,9,16H,7H2,(H,17,18)/p-1/t9-/m1/s1. The molecule has 0 aliphatic carbocycles. The Morgan fingerprint density at radius 2 is 2.13 bits per heavy atom. The molecular formula is C13H10N3O5S2-. The Labute approximate surface area is 135 Å². The van der Waals surface area contributed by atoms with Crippen LogP contribution in [0, 0.1) is 0 Å². The normalized spacial score (nSPS) is 13.2. The second kappa shape index (κ2) is 6.07. The number of carboxylic acids is 1. The van der Waals surface area contributed by atoms with Crippen LogP contribution in [-0.4, -0.2) is 23.1 Å². The minimum Gasteiger partial charge on any atom is -0.550 e. The van der Waals surface area contributed by atoms with Gasteiger partial charge >= 0.3 is 0 Å². The summed E-state index contributed by atoms with van der Waals surface area (Å²) in [5, 5.41) is 10.9. The van der Waals surface area contributed by atoms with E-state index in [1.165, 1.54) is 24.5 Å². The van der Waals surface area contributed by atoms with Crippen LogP contribution in [0.5, 0.6) is 0 Å². The van der Waals surface area contributed by atoms with Gasteiger partial charge in [-0.2, -0.15) is 8.75 Å². The molecule has 2 heterocycles. The predicted octanol–water partition coefficient (Wildman–Crippen LogP) is 0.444. The Balaban J connectivity index is 1.98. The van der Waals surface area contributed by atoms with Crippen molar-refractivity contribution in [2.75, 3.05) is 0 Å². The number of aliphatic carboxylic acids is 1. The Bertz CT molecular complexity index is 934. The van der Waals surface area contributed by atoms with E-state index >= 15 is 0 Å². The first kappa shape index (κ1) is 15.6. The topological polar surface area (TPSA) is 125 Å². The van der Waals surface area contributed by atoms with E-state index in [0.717, 1.165) is 11.7 Å². The van der Waals surface area contributed by atoms with Gasteiger partial charge in [0.15, 0.2) is 0 Å². The highest BCUT2D eigenvalue weighted by Crippen LogP contribution is 2.24. The van der Waals surface area contributed by atoms with Crippen molar-refractivity contribution >= 4 is 38.8 Å². The van der Waals surface area contributed by atoms with Crippen LogP contribution in [0.25, 0.3) is 11.0 Å². The van der Waals surface area contributed by atoms with Crippen molar-refractivity contribution in [3.63, 3.8) is 0 Å². The molecule has 0 saturated carbocycles. The molecule has 0 radical (unpaired) electrons. The number of carbonyl (C=O) groups is 1. The third-order valence-electron chi connectivity index (χ3n) is 3.09. The number of hydrogen-bond donors (Lipinski definition) is 1. The lowest BCUT2D eigenvalue weighted by atomic mass is 10.2. The first-order chi connectivity index (χ1) is 11.0. The number of nitrogens with one attached hydrogen (secondary N) is 1. The van der Waals surface area contributed by atoms with E-state index in [9.17, 15) is 18.3 Å². The quantitative estimate of drug-likeness (QED) is 0.682. The molecule has 0 aliphatic heterocycles. The predicted molar refractivity (Wildman–Crippen MR) is 78.8 cm³/mol. The summed E-state index contributed by atoms with van der Waals surface area (Å²) in [6.45, 7) is 0. The third-order valence-corrected chi connectivity index (χ3v) is 5.14. The summed E-state index contributed by atoms with van der Waals surface area (Å²) in [5.41, 5.74) is 0.684. The van der Waals surface area contributed by atoms with Crippen LogP contribution >= 0.6 is 11.7 Å². The average molecular weight is 352 g/mol. The van der Waals surface area contributed by atoms with Gasteiger partial charge in [0.25, 0.3) is 0 Å². The molecule has 0 amide bonds. The van der Waals surface area contributed by atoms with Gasteiger partial charge in [0.2, 0.25) is 10.0 Å². The molecule has 0 bridgehead atoms. The van der Waals surface area contributed by atoms with E-state index in [4.69, 9.17) is 4.42 Å². The first-order valence-corrected chi connectivity index (χ1v) is 8.65. The minimum absolute atomic E-state index is 0.0707. The first-order valence-electron chi connectivity index (χ1n) is 6.44. The van der Waals surface area contributed by atoms with Gasteiger partial charge in [-0.1, -0.05) is 6.07 Å². The molecule has 10 heteroatoms. The molecule has 2 aromatic heterocycles. The summed E-state index contributed by atoms with van der Waals surface area (Å²) in [5.74, 6) is -1.22. The maximum atomic E-state index is 12.6. The number of rotatable bonds is 6. The number of sulfonamides is 1. The van der Waals surface area contributed by atoms with Crippen molar-refractivity contribution < 1.29 is 22.7 Å². The van der Waals surface area contributed by atoms with Crippen molar-refractivity contribution in [1.82, 2.24) is 13.5 Å². The van der Waals surface area contributed by atoms with Gasteiger partial charge < -0.3 is 14.3 Å². The molecule has 0 spiro atoms. The number of benzene rings is 1. The maximum absolute atomic E-state index is 12.6. The summed E-state index contributed by atoms with van der Waals surface area (Å²) in [6, 6.07) is 6.51. The second-order valence-electron chi connectivity index (χ2n) is 4.65. The molecule has 3 aromatic rings. The number of aromatic nitrogens is 2. The Morgan fingerprint density at radius 1 is 1.30 bits per heavy atom. The van der Waals surface area contributed by atoms with E-state index in [2.05, 4.69) is 13.5 Å². The van der Waals surface area contributed by atoms with Gasteiger partial charge in [0.1, 0.15) is 21.7 Å². The number of hydrogen-bond acceptors (Lipinski definition) is 8. The van der Waals surface area contributed by atoms with Crippen LogP contribution in [0.2, 0.25) is 0 Å². The Morgan fingerprint density at radius 3 is 2.83 bits per heavy atom. The van der Waals surface area contributed by atoms with Crippen molar-refractivity contribution in [2.45, 2.75) is 17.4 Å². The van der Waals surface area contributed by atoms with E-state index in [0.29, 0.717) is 5.52 Å². The highest BCUT2D eigenvalue weighted by atomic mass is 32.2. The summed E-state index contributed by atoms with van der Waals surface area (Å²) in [7, 11) is -4.02. The highest BCUT2D eigenvalue weighted by molar-refractivity contribution is 7.89. The number of carboxylic acid groups (broad SMARTS) is 1. The fourth-order valence-corrected chi connectivity index (χ4v) is 4.08. The van der Waals surface area contributed by atoms with E-state index < -0.39 is 28.5 Å². The molecule has 1 aromatic carbocycles. The molecule has 8 nitrogen and oxygen atoms in total. The molecular weight excluding hydrogens is 342 g/mol. The number of furan rings is 1. The van der Waals surface area contributed by atoms with Crippen LogP contribution in [0.3, 0.4) is 0 Å². The lowest BCUT2D eigenvalue weighted by Gasteiger charge is -2.17. The van der Waals surface area contributed by atoms with Crippen LogP contribution in [-0.2, 0) is 14.8 Å². The molecule has 3 rings (SSSR count). The summed E-state index contributed by atoms with van der Waals surface area (Å²) in [6.07, 6.45) is 0.773. The monoisotopic (exact) mass is 352 g/mol. The van der Waals surface area contributed by atoms with Crippen LogP contribution in [0.1, 0.15) is 18.2 Å². The molecule has 23 heavy (non-hydrogen) atoms. The largest absolute Gasteiger partial charge is 0.550 e. The van der Waals surface area contributed by atoms with Gasteiger partial charge in [0.05, 0.1) is 24.0 Å². The van der Waals surface area contributed by atoms with Crippen molar-refractivity contribution in [2.24, 2.45) is 0 Å². The SMILES string of the molecule is O=C([O-])C[C@@H](NS(=O)(=O)c1cccc2nsnc12)c1ccco1. The summed E-state index contributed by atoms with van der Waals surface area (Å²) >= 11 is 0.896. The van der Waals surface area contributed by atoms with Gasteiger partial charge in [-0.05, 0) is 24.3 Å². The number of nitrogens with zero attached hydrogens (tertiary/aromatic N) is 2.